The van der Waals surface area contributed by atoms with Gasteiger partial charge in [-0.2, -0.15) is 0 Å². The number of carbonyl (C=O) groups is 2. The van der Waals surface area contributed by atoms with Crippen LogP contribution in [-0.4, -0.2) is 64.2 Å². The van der Waals surface area contributed by atoms with Crippen LogP contribution in [0, 0.1) is 0 Å². The fourth-order valence-electron chi connectivity index (χ4n) is 5.66. The number of sulfonamides is 1. The number of benzene rings is 3. The minimum absolute atomic E-state index is 0.0575. The molecule has 9 nitrogen and oxygen atoms in total. The van der Waals surface area contributed by atoms with E-state index >= 15 is 0 Å². The second kappa shape index (κ2) is 15.6. The topological polar surface area (TPSA) is 105 Å². The number of amides is 2. The van der Waals surface area contributed by atoms with E-state index in [4.69, 9.17) is 9.47 Å². The molecular formula is C34H43N3O6S. The van der Waals surface area contributed by atoms with Crippen LogP contribution in [0.4, 0.5) is 5.69 Å². The third-order valence-corrected chi connectivity index (χ3v) is 9.15. The van der Waals surface area contributed by atoms with Crippen LogP contribution in [0.3, 0.4) is 0 Å². The molecule has 4 rings (SSSR count). The summed E-state index contributed by atoms with van der Waals surface area (Å²) < 4.78 is 37.4. The maximum Gasteiger partial charge on any atom is 0.243 e. The minimum Gasteiger partial charge on any atom is -0.497 e. The molecule has 0 aliphatic heterocycles. The predicted molar refractivity (Wildman–Crippen MR) is 172 cm³/mol. The zero-order chi connectivity index (χ0) is 31.5. The summed E-state index contributed by atoms with van der Waals surface area (Å²) in [5, 5.41) is 3.21. The van der Waals surface area contributed by atoms with Crippen molar-refractivity contribution in [3.8, 4) is 11.5 Å². The first-order valence-electron chi connectivity index (χ1n) is 15.1. The lowest BCUT2D eigenvalue weighted by molar-refractivity contribution is -0.141. The zero-order valence-corrected chi connectivity index (χ0v) is 26.6. The predicted octanol–water partition coefficient (Wildman–Crippen LogP) is 4.95. The number of methoxy groups -OCH3 is 2. The van der Waals surface area contributed by atoms with Crippen LogP contribution in [0.2, 0.25) is 0 Å². The van der Waals surface area contributed by atoms with Gasteiger partial charge in [0.25, 0.3) is 0 Å². The van der Waals surface area contributed by atoms with Gasteiger partial charge in [0.05, 0.1) is 26.2 Å². The summed E-state index contributed by atoms with van der Waals surface area (Å²) in [6, 6.07) is 23.3. The van der Waals surface area contributed by atoms with Crippen molar-refractivity contribution >= 4 is 27.5 Å². The number of nitrogens with zero attached hydrogens (tertiary/aromatic N) is 2. The zero-order valence-electron chi connectivity index (χ0n) is 25.8. The summed E-state index contributed by atoms with van der Waals surface area (Å²) in [5.74, 6) is 0.793. The molecule has 0 radical (unpaired) electrons. The van der Waals surface area contributed by atoms with E-state index in [1.165, 1.54) is 11.4 Å². The Bertz CT molecular complexity index is 1490. The summed E-state index contributed by atoms with van der Waals surface area (Å²) >= 11 is 0. The summed E-state index contributed by atoms with van der Waals surface area (Å²) in [4.78, 5) is 29.6. The number of rotatable bonds is 15. The largest absolute Gasteiger partial charge is 0.497 e. The summed E-state index contributed by atoms with van der Waals surface area (Å²) in [5.41, 5.74) is 2.24. The van der Waals surface area contributed by atoms with E-state index in [0.717, 1.165) is 43.1 Å². The normalized spacial score (nSPS) is 14.1. The van der Waals surface area contributed by atoms with Crippen LogP contribution < -0.4 is 19.1 Å². The first kappa shape index (κ1) is 32.9. The Hall–Kier alpha value is -4.05. The molecular weight excluding hydrogens is 578 g/mol. The first-order valence-corrected chi connectivity index (χ1v) is 16.9. The van der Waals surface area contributed by atoms with Gasteiger partial charge in [-0.05, 0) is 54.7 Å². The number of hydrogen-bond donors (Lipinski definition) is 1. The summed E-state index contributed by atoms with van der Waals surface area (Å²) in [7, 11) is -0.516. The lowest BCUT2D eigenvalue weighted by atomic mass is 10.0. The van der Waals surface area contributed by atoms with Gasteiger partial charge in [-0.15, -0.1) is 0 Å². The van der Waals surface area contributed by atoms with Gasteiger partial charge in [0.1, 0.15) is 17.5 Å². The Labute approximate surface area is 261 Å². The standard InChI is InChI=1S/C34H43N3O6S/c1-42-30-18-9-14-27(22-30)25-36(32(23-26-12-5-4-6-13-26)34(39)35-28-15-7-8-16-28)33(38)20-11-21-37(44(3,40)41)29-17-10-19-31(24-29)43-2/h4-6,9-10,12-14,17-19,22,24,28,32H,7-8,11,15-16,20-21,23,25H2,1-3H3,(H,35,39)/t32-/m1/s1. The molecule has 0 heterocycles. The van der Waals surface area contributed by atoms with Crippen LogP contribution in [0.25, 0.3) is 0 Å². The van der Waals surface area contributed by atoms with Gasteiger partial charge < -0.3 is 19.7 Å². The van der Waals surface area contributed by atoms with E-state index in [9.17, 15) is 18.0 Å². The van der Waals surface area contributed by atoms with Crippen molar-refractivity contribution < 1.29 is 27.5 Å². The quantitative estimate of drug-likeness (QED) is 0.258. The average Bonchev–Trinajstić information content (AvgIpc) is 3.54. The van der Waals surface area contributed by atoms with E-state index in [0.29, 0.717) is 23.6 Å². The molecule has 0 bridgehead atoms. The third kappa shape index (κ3) is 9.22. The van der Waals surface area contributed by atoms with Crippen molar-refractivity contribution in [3.05, 3.63) is 90.0 Å². The Balaban J connectivity index is 1.60. The maximum atomic E-state index is 14.1. The van der Waals surface area contributed by atoms with Crippen molar-refractivity contribution in [1.29, 1.82) is 0 Å². The van der Waals surface area contributed by atoms with Gasteiger partial charge in [-0.25, -0.2) is 8.42 Å². The molecule has 10 heteroatoms. The van der Waals surface area contributed by atoms with E-state index in [1.807, 2.05) is 54.6 Å². The van der Waals surface area contributed by atoms with Crippen LogP contribution in [0.1, 0.15) is 49.7 Å². The minimum atomic E-state index is -3.63. The highest BCUT2D eigenvalue weighted by Gasteiger charge is 2.32. The van der Waals surface area contributed by atoms with Crippen LogP contribution >= 0.6 is 0 Å². The fraction of sp³-hybridized carbons (Fsp3) is 0.412. The molecule has 2 amide bonds. The smallest absolute Gasteiger partial charge is 0.243 e. The Kier molecular flexibility index (Phi) is 11.7. The highest BCUT2D eigenvalue weighted by molar-refractivity contribution is 7.92. The van der Waals surface area contributed by atoms with Crippen LogP contribution in [0.15, 0.2) is 78.9 Å². The van der Waals surface area contributed by atoms with Crippen LogP contribution in [0.5, 0.6) is 11.5 Å². The van der Waals surface area contributed by atoms with Crippen molar-refractivity contribution in [2.45, 2.75) is 63.6 Å². The number of ether oxygens (including phenoxy) is 2. The number of nitrogens with one attached hydrogen (secondary N) is 1. The molecule has 3 aromatic rings. The lowest BCUT2D eigenvalue weighted by Gasteiger charge is -2.33. The molecule has 1 saturated carbocycles. The van der Waals surface area contributed by atoms with E-state index in [1.54, 1.807) is 36.3 Å². The molecule has 1 atom stereocenters. The monoisotopic (exact) mass is 621 g/mol. The van der Waals surface area contributed by atoms with E-state index < -0.39 is 16.1 Å². The second-order valence-electron chi connectivity index (χ2n) is 11.2. The Morgan fingerprint density at radius 2 is 1.52 bits per heavy atom. The molecule has 3 aromatic carbocycles. The first-order chi connectivity index (χ1) is 21.2. The maximum absolute atomic E-state index is 14.1. The van der Waals surface area contributed by atoms with Gasteiger partial charge >= 0.3 is 0 Å². The Morgan fingerprint density at radius 1 is 0.886 bits per heavy atom. The molecule has 44 heavy (non-hydrogen) atoms. The van der Waals surface area contributed by atoms with Crippen molar-refractivity contribution in [2.24, 2.45) is 0 Å². The molecule has 0 unspecified atom stereocenters. The highest BCUT2D eigenvalue weighted by atomic mass is 32.2. The molecule has 1 N–H and O–H groups in total. The summed E-state index contributed by atoms with van der Waals surface area (Å²) in [6.07, 6.45) is 5.83. The van der Waals surface area contributed by atoms with Crippen LogP contribution in [-0.2, 0) is 32.6 Å². The van der Waals surface area contributed by atoms with E-state index in [2.05, 4.69) is 5.32 Å². The van der Waals surface area contributed by atoms with Gasteiger partial charge in [-0.1, -0.05) is 61.4 Å². The van der Waals surface area contributed by atoms with E-state index in [-0.39, 0.29) is 43.8 Å². The summed E-state index contributed by atoms with van der Waals surface area (Å²) in [6.45, 7) is 0.305. The Morgan fingerprint density at radius 3 is 2.18 bits per heavy atom. The van der Waals surface area contributed by atoms with Gasteiger partial charge in [0.15, 0.2) is 0 Å². The highest BCUT2D eigenvalue weighted by Crippen LogP contribution is 2.25. The van der Waals surface area contributed by atoms with Crippen molar-refractivity contribution in [1.82, 2.24) is 10.2 Å². The number of hydrogen-bond acceptors (Lipinski definition) is 6. The fourth-order valence-corrected chi connectivity index (χ4v) is 6.62. The molecule has 1 aliphatic rings. The van der Waals surface area contributed by atoms with Crippen molar-refractivity contribution in [3.63, 3.8) is 0 Å². The molecule has 236 valence electrons. The lowest BCUT2D eigenvalue weighted by Crippen LogP contribution is -2.52. The average molecular weight is 622 g/mol. The number of carbonyl (C=O) groups excluding carboxylic acids is 2. The van der Waals surface area contributed by atoms with Gasteiger partial charge in [0, 0.05) is 38.0 Å². The van der Waals surface area contributed by atoms with Gasteiger partial charge in [-0.3, -0.25) is 13.9 Å². The second-order valence-corrected chi connectivity index (χ2v) is 13.1. The third-order valence-electron chi connectivity index (χ3n) is 7.95. The molecule has 0 aromatic heterocycles. The molecule has 1 fully saturated rings. The SMILES string of the molecule is COc1cccc(CN(C(=O)CCCN(c2cccc(OC)c2)S(C)(=O)=O)[C@H](Cc2ccccc2)C(=O)NC2CCCC2)c1. The number of anilines is 1. The van der Waals surface area contributed by atoms with Gasteiger partial charge in [0.2, 0.25) is 21.8 Å². The van der Waals surface area contributed by atoms with Crippen molar-refractivity contribution in [2.75, 3.05) is 31.3 Å². The molecule has 0 spiro atoms. The molecule has 0 saturated heterocycles. The molecule has 1 aliphatic carbocycles.